The fraction of sp³-hybridized carbons (Fsp3) is 0.481. The molecule has 1 unspecified atom stereocenters. The molecule has 0 aliphatic rings. The van der Waals surface area contributed by atoms with Gasteiger partial charge in [-0.1, -0.05) is 31.2 Å². The van der Waals surface area contributed by atoms with Crippen molar-refractivity contribution in [3.05, 3.63) is 59.7 Å². The fourth-order valence-corrected chi connectivity index (χ4v) is 4.99. The maximum atomic E-state index is 13.5. The summed E-state index contributed by atoms with van der Waals surface area (Å²) >= 11 is 0. The van der Waals surface area contributed by atoms with Crippen molar-refractivity contribution < 1.29 is 22.7 Å². The lowest BCUT2D eigenvalue weighted by Crippen LogP contribution is -2.50. The van der Waals surface area contributed by atoms with Crippen molar-refractivity contribution >= 4 is 27.5 Å². The number of ether oxygens (including phenoxy) is 1. The highest BCUT2D eigenvalue weighted by Gasteiger charge is 2.29. The Hall–Kier alpha value is -3.07. The first-order valence-electron chi connectivity index (χ1n) is 12.2. The van der Waals surface area contributed by atoms with Gasteiger partial charge < -0.3 is 15.0 Å². The number of rotatable bonds is 13. The fourth-order valence-electron chi connectivity index (χ4n) is 4.02. The zero-order valence-electron chi connectivity index (χ0n) is 22.2. The van der Waals surface area contributed by atoms with Crippen molar-refractivity contribution in [1.82, 2.24) is 10.2 Å². The van der Waals surface area contributed by atoms with Gasteiger partial charge >= 0.3 is 0 Å². The van der Waals surface area contributed by atoms with Crippen LogP contribution in [0, 0.1) is 6.92 Å². The quantitative estimate of drug-likeness (QED) is 0.435. The van der Waals surface area contributed by atoms with Crippen molar-refractivity contribution in [2.75, 3.05) is 24.2 Å². The minimum absolute atomic E-state index is 0.0465. The lowest BCUT2D eigenvalue weighted by Gasteiger charge is -2.32. The molecule has 0 aliphatic carbocycles. The van der Waals surface area contributed by atoms with Crippen molar-refractivity contribution in [2.45, 2.75) is 65.6 Å². The molecule has 36 heavy (non-hydrogen) atoms. The van der Waals surface area contributed by atoms with E-state index >= 15 is 0 Å². The van der Waals surface area contributed by atoms with E-state index in [9.17, 15) is 18.0 Å². The number of carbonyl (C=O) groups is 2. The highest BCUT2D eigenvalue weighted by molar-refractivity contribution is 7.92. The largest absolute Gasteiger partial charge is 0.497 e. The third-order valence-corrected chi connectivity index (χ3v) is 7.13. The molecule has 0 saturated carbocycles. The number of methoxy groups -OCH3 is 1. The summed E-state index contributed by atoms with van der Waals surface area (Å²) in [5.74, 6) is 0.247. The highest BCUT2D eigenvalue weighted by Crippen LogP contribution is 2.23. The topological polar surface area (TPSA) is 96.0 Å². The van der Waals surface area contributed by atoms with E-state index in [0.717, 1.165) is 17.4 Å². The third kappa shape index (κ3) is 8.26. The summed E-state index contributed by atoms with van der Waals surface area (Å²) in [5.41, 5.74) is 2.51. The Kier molecular flexibility index (Phi) is 10.8. The summed E-state index contributed by atoms with van der Waals surface area (Å²) in [6, 6.07) is 13.9. The molecule has 2 rings (SSSR count). The number of anilines is 1. The maximum absolute atomic E-state index is 13.5. The second-order valence-electron chi connectivity index (χ2n) is 9.17. The molecule has 0 fully saturated rings. The first-order chi connectivity index (χ1) is 17.0. The first kappa shape index (κ1) is 29.2. The van der Waals surface area contributed by atoms with Gasteiger partial charge in [0.15, 0.2) is 0 Å². The number of hydrogen-bond donors (Lipinski definition) is 1. The number of nitrogens with zero attached hydrogens (tertiary/aromatic N) is 2. The molecule has 1 atom stereocenters. The van der Waals surface area contributed by atoms with Crippen molar-refractivity contribution in [1.29, 1.82) is 0 Å². The molecule has 0 aliphatic heterocycles. The van der Waals surface area contributed by atoms with Crippen molar-refractivity contribution in [3.8, 4) is 5.75 Å². The van der Waals surface area contributed by atoms with Crippen LogP contribution in [0.4, 0.5) is 5.69 Å². The number of aryl methyl sites for hydroxylation is 1. The Balaban J connectivity index is 2.22. The zero-order chi connectivity index (χ0) is 26.9. The third-order valence-electron chi connectivity index (χ3n) is 5.93. The van der Waals surface area contributed by atoms with E-state index < -0.39 is 16.1 Å². The maximum Gasteiger partial charge on any atom is 0.243 e. The van der Waals surface area contributed by atoms with Crippen LogP contribution in [-0.4, -0.2) is 57.1 Å². The van der Waals surface area contributed by atoms with Gasteiger partial charge in [0.05, 0.1) is 19.1 Å². The standard InChI is InChI=1S/C27H39N3O5S/c1-7-25(27(32)28-20(2)3)29(19-22-12-9-8-11-21(22)4)26(31)13-10-18-30(36(6,33)34)23-14-16-24(35-5)17-15-23/h8-9,11-12,14-17,20,25H,7,10,13,18-19H2,1-6H3,(H,28,32). The number of nitrogens with one attached hydrogen (secondary N) is 1. The molecule has 2 aromatic rings. The van der Waals surface area contributed by atoms with Gasteiger partial charge in [-0.15, -0.1) is 0 Å². The van der Waals surface area contributed by atoms with E-state index in [2.05, 4.69) is 5.32 Å². The molecule has 8 nitrogen and oxygen atoms in total. The molecule has 2 amide bonds. The van der Waals surface area contributed by atoms with E-state index in [1.54, 1.807) is 36.3 Å². The van der Waals surface area contributed by atoms with Gasteiger partial charge in [-0.2, -0.15) is 0 Å². The van der Waals surface area contributed by atoms with E-state index in [1.165, 1.54) is 4.31 Å². The van der Waals surface area contributed by atoms with Crippen LogP contribution in [-0.2, 0) is 26.2 Å². The Morgan fingerprint density at radius 3 is 2.22 bits per heavy atom. The summed E-state index contributed by atoms with van der Waals surface area (Å²) in [4.78, 5) is 28.0. The molecule has 1 N–H and O–H groups in total. The van der Waals surface area contributed by atoms with Crippen LogP contribution in [0.5, 0.6) is 5.75 Å². The van der Waals surface area contributed by atoms with Gasteiger partial charge in [-0.3, -0.25) is 13.9 Å². The summed E-state index contributed by atoms with van der Waals surface area (Å²) < 4.78 is 31.4. The second kappa shape index (κ2) is 13.3. The Bertz CT molecular complexity index is 1120. The molecule has 0 spiro atoms. The number of hydrogen-bond acceptors (Lipinski definition) is 5. The van der Waals surface area contributed by atoms with E-state index in [0.29, 0.717) is 30.8 Å². The van der Waals surface area contributed by atoms with Crippen LogP contribution >= 0.6 is 0 Å². The number of carbonyl (C=O) groups excluding carboxylic acids is 2. The summed E-state index contributed by atoms with van der Waals surface area (Å²) in [6.45, 7) is 8.09. The van der Waals surface area contributed by atoms with Crippen molar-refractivity contribution in [3.63, 3.8) is 0 Å². The smallest absolute Gasteiger partial charge is 0.243 e. The number of benzene rings is 2. The van der Waals surface area contributed by atoms with E-state index in [1.807, 2.05) is 52.0 Å². The second-order valence-corrected chi connectivity index (χ2v) is 11.1. The van der Waals surface area contributed by atoms with Gasteiger partial charge in [0.1, 0.15) is 11.8 Å². The van der Waals surface area contributed by atoms with Gasteiger partial charge in [-0.25, -0.2) is 8.42 Å². The van der Waals surface area contributed by atoms with Crippen LogP contribution in [0.2, 0.25) is 0 Å². The Morgan fingerprint density at radius 2 is 1.69 bits per heavy atom. The minimum Gasteiger partial charge on any atom is -0.497 e. The average Bonchev–Trinajstić information content (AvgIpc) is 2.81. The molecule has 0 saturated heterocycles. The minimum atomic E-state index is -3.55. The molecule has 0 radical (unpaired) electrons. The zero-order valence-corrected chi connectivity index (χ0v) is 23.0. The highest BCUT2D eigenvalue weighted by atomic mass is 32.2. The number of sulfonamides is 1. The monoisotopic (exact) mass is 517 g/mol. The lowest BCUT2D eigenvalue weighted by atomic mass is 10.0. The molecule has 198 valence electrons. The average molecular weight is 518 g/mol. The van der Waals surface area contributed by atoms with Gasteiger partial charge in [0, 0.05) is 25.6 Å². The molecule has 9 heteroatoms. The van der Waals surface area contributed by atoms with Crippen LogP contribution in [0.1, 0.15) is 51.2 Å². The Morgan fingerprint density at radius 1 is 1.06 bits per heavy atom. The van der Waals surface area contributed by atoms with Crippen LogP contribution in [0.25, 0.3) is 0 Å². The summed E-state index contributed by atoms with van der Waals surface area (Å²) in [7, 11) is -2.01. The SMILES string of the molecule is CCC(C(=O)NC(C)C)N(Cc1ccccc1C)C(=O)CCCN(c1ccc(OC)cc1)S(C)(=O)=O. The van der Waals surface area contributed by atoms with E-state index in [-0.39, 0.29) is 30.8 Å². The molecule has 0 aromatic heterocycles. The molecular weight excluding hydrogens is 478 g/mol. The van der Waals surface area contributed by atoms with Gasteiger partial charge in [0.2, 0.25) is 21.8 Å². The van der Waals surface area contributed by atoms with E-state index in [4.69, 9.17) is 4.74 Å². The first-order valence-corrected chi connectivity index (χ1v) is 14.1. The van der Waals surface area contributed by atoms with Crippen molar-refractivity contribution in [2.24, 2.45) is 0 Å². The van der Waals surface area contributed by atoms with Crippen LogP contribution in [0.15, 0.2) is 48.5 Å². The Labute approximate surface area is 215 Å². The summed E-state index contributed by atoms with van der Waals surface area (Å²) in [6.07, 6.45) is 2.04. The normalized spacial score (nSPS) is 12.2. The molecule has 0 bridgehead atoms. The summed E-state index contributed by atoms with van der Waals surface area (Å²) in [5, 5.41) is 2.92. The van der Waals surface area contributed by atoms with Gasteiger partial charge in [-0.05, 0) is 69.0 Å². The predicted molar refractivity (Wildman–Crippen MR) is 144 cm³/mol. The number of amides is 2. The van der Waals surface area contributed by atoms with Crippen LogP contribution < -0.4 is 14.4 Å². The van der Waals surface area contributed by atoms with Crippen LogP contribution in [0.3, 0.4) is 0 Å². The van der Waals surface area contributed by atoms with Gasteiger partial charge in [0.25, 0.3) is 0 Å². The molecular formula is C27H39N3O5S. The predicted octanol–water partition coefficient (Wildman–Crippen LogP) is 3.88. The lowest BCUT2D eigenvalue weighted by molar-refractivity contribution is -0.141. The molecule has 0 heterocycles. The molecule has 2 aromatic carbocycles.